The van der Waals surface area contributed by atoms with Gasteiger partial charge >= 0.3 is 0 Å². The number of methoxy groups -OCH3 is 2. The molecule has 1 aromatic carbocycles. The third kappa shape index (κ3) is 3.81. The summed E-state index contributed by atoms with van der Waals surface area (Å²) >= 11 is 1.41. The van der Waals surface area contributed by atoms with Crippen molar-refractivity contribution in [2.24, 2.45) is 7.05 Å². The smallest absolute Gasteiger partial charge is 0.278 e. The summed E-state index contributed by atoms with van der Waals surface area (Å²) in [5.41, 5.74) is 2.01. The highest BCUT2D eigenvalue weighted by atomic mass is 32.1. The minimum absolute atomic E-state index is 0.137. The molecule has 3 aromatic rings. The molecule has 0 unspecified atom stereocenters. The molecule has 2 heterocycles. The number of aryl methyl sites for hydroxylation is 2. The Morgan fingerprint density at radius 1 is 1.18 bits per heavy atom. The Morgan fingerprint density at radius 3 is 2.43 bits per heavy atom. The lowest BCUT2D eigenvalue weighted by Crippen LogP contribution is -2.37. The fourth-order valence-corrected chi connectivity index (χ4v) is 4.02. The van der Waals surface area contributed by atoms with Crippen LogP contribution in [0, 0.1) is 6.92 Å². The average molecular weight is 404 g/mol. The zero-order valence-corrected chi connectivity index (χ0v) is 17.8. The van der Waals surface area contributed by atoms with Crippen molar-refractivity contribution in [3.63, 3.8) is 0 Å². The first-order valence-electron chi connectivity index (χ1n) is 8.84. The molecule has 28 heavy (non-hydrogen) atoms. The maximum atomic E-state index is 13.3. The van der Waals surface area contributed by atoms with Gasteiger partial charge < -0.3 is 14.4 Å². The largest absolute Gasteiger partial charge is 0.495 e. The first-order valence-corrected chi connectivity index (χ1v) is 9.66. The Hall–Kier alpha value is -2.65. The van der Waals surface area contributed by atoms with E-state index in [0.29, 0.717) is 40.9 Å². The molecule has 0 fully saturated rings. The van der Waals surface area contributed by atoms with Crippen LogP contribution in [-0.4, -0.2) is 67.0 Å². The first-order chi connectivity index (χ1) is 13.3. The molecule has 0 spiro atoms. The Morgan fingerprint density at radius 2 is 1.86 bits per heavy atom. The van der Waals surface area contributed by atoms with E-state index in [2.05, 4.69) is 5.10 Å². The number of rotatable bonds is 7. The van der Waals surface area contributed by atoms with Crippen LogP contribution in [0.25, 0.3) is 10.2 Å². The van der Waals surface area contributed by atoms with Gasteiger partial charge in [-0.1, -0.05) is 11.3 Å². The lowest BCUT2D eigenvalue weighted by atomic mass is 10.3. The highest BCUT2D eigenvalue weighted by molar-refractivity contribution is 7.22. The number of ether oxygens (including phenoxy) is 2. The van der Waals surface area contributed by atoms with Crippen molar-refractivity contribution in [1.82, 2.24) is 19.7 Å². The molecule has 0 radical (unpaired) electrons. The summed E-state index contributed by atoms with van der Waals surface area (Å²) in [6, 6.07) is 5.46. The van der Waals surface area contributed by atoms with Crippen molar-refractivity contribution in [3.05, 3.63) is 29.6 Å². The lowest BCUT2D eigenvalue weighted by molar-refractivity contribution is 0.0976. The van der Waals surface area contributed by atoms with Gasteiger partial charge in [-0.25, -0.2) is 4.98 Å². The predicted octanol–water partition coefficient (Wildman–Crippen LogP) is 2.56. The van der Waals surface area contributed by atoms with Crippen LogP contribution in [-0.2, 0) is 7.05 Å². The van der Waals surface area contributed by atoms with Gasteiger partial charge in [-0.15, -0.1) is 0 Å². The Balaban J connectivity index is 2.09. The van der Waals surface area contributed by atoms with Gasteiger partial charge in [0.25, 0.3) is 5.91 Å². The summed E-state index contributed by atoms with van der Waals surface area (Å²) in [7, 11) is 8.94. The normalized spacial score (nSPS) is 11.2. The van der Waals surface area contributed by atoms with E-state index < -0.39 is 0 Å². The van der Waals surface area contributed by atoms with E-state index in [1.165, 1.54) is 11.3 Å². The maximum absolute atomic E-state index is 13.3. The van der Waals surface area contributed by atoms with Gasteiger partial charge in [-0.05, 0) is 39.2 Å². The van der Waals surface area contributed by atoms with Gasteiger partial charge in [-0.2, -0.15) is 5.10 Å². The molecule has 0 atom stereocenters. The van der Waals surface area contributed by atoms with Crippen molar-refractivity contribution in [1.29, 1.82) is 0 Å². The molecule has 0 saturated carbocycles. The van der Waals surface area contributed by atoms with E-state index >= 15 is 0 Å². The summed E-state index contributed by atoms with van der Waals surface area (Å²) in [6.45, 7) is 3.07. The van der Waals surface area contributed by atoms with Crippen molar-refractivity contribution in [2.75, 3.05) is 46.3 Å². The predicted molar refractivity (Wildman–Crippen MR) is 111 cm³/mol. The SMILES string of the molecule is COc1ccc(OC)c2sc(N(CCN(C)C)C(=O)c3cc(C)nn3C)nc12. The standard InChI is InChI=1S/C19H25N5O3S/c1-12-11-13(23(4)21-12)18(25)24(10-9-22(2)3)19-20-16-14(26-5)7-8-15(27-6)17(16)28-19/h7-8,11H,9-10H2,1-6H3. The number of thiazole rings is 1. The number of aromatic nitrogens is 3. The monoisotopic (exact) mass is 403 g/mol. The molecule has 9 heteroatoms. The summed E-state index contributed by atoms with van der Waals surface area (Å²) < 4.78 is 13.4. The molecule has 3 rings (SSSR count). The number of hydrogen-bond acceptors (Lipinski definition) is 7. The van der Waals surface area contributed by atoms with E-state index in [9.17, 15) is 4.79 Å². The van der Waals surface area contributed by atoms with Crippen molar-refractivity contribution < 1.29 is 14.3 Å². The van der Waals surface area contributed by atoms with Gasteiger partial charge in [-0.3, -0.25) is 14.4 Å². The number of carbonyl (C=O) groups excluding carboxylic acids is 1. The number of benzene rings is 1. The summed E-state index contributed by atoms with van der Waals surface area (Å²) in [5.74, 6) is 1.22. The second-order valence-corrected chi connectivity index (χ2v) is 7.68. The molecular weight excluding hydrogens is 378 g/mol. The number of anilines is 1. The second-order valence-electron chi connectivity index (χ2n) is 6.70. The number of fused-ring (bicyclic) bond motifs is 1. The third-order valence-corrected chi connectivity index (χ3v) is 5.46. The van der Waals surface area contributed by atoms with Gasteiger partial charge in [0.1, 0.15) is 27.4 Å². The van der Waals surface area contributed by atoms with E-state index in [4.69, 9.17) is 14.5 Å². The minimum atomic E-state index is -0.137. The minimum Gasteiger partial charge on any atom is -0.495 e. The Kier molecular flexibility index (Phi) is 5.85. The van der Waals surface area contributed by atoms with Crippen LogP contribution >= 0.6 is 11.3 Å². The number of carbonyl (C=O) groups is 1. The molecule has 0 N–H and O–H groups in total. The topological polar surface area (TPSA) is 72.7 Å². The van der Waals surface area contributed by atoms with Crippen LogP contribution in [0.2, 0.25) is 0 Å². The van der Waals surface area contributed by atoms with Gasteiger partial charge in [0, 0.05) is 20.1 Å². The molecular formula is C19H25N5O3S. The average Bonchev–Trinajstić information content (AvgIpc) is 3.23. The third-order valence-electron chi connectivity index (χ3n) is 4.37. The highest BCUT2D eigenvalue weighted by Crippen LogP contribution is 2.40. The summed E-state index contributed by atoms with van der Waals surface area (Å²) in [5, 5.41) is 4.90. The van der Waals surface area contributed by atoms with Crippen LogP contribution in [0.4, 0.5) is 5.13 Å². The Labute approximate surface area is 168 Å². The van der Waals surface area contributed by atoms with Gasteiger partial charge in [0.2, 0.25) is 0 Å². The molecule has 2 aromatic heterocycles. The first kappa shape index (κ1) is 20.1. The van der Waals surface area contributed by atoms with Crippen molar-refractivity contribution in [2.45, 2.75) is 6.92 Å². The zero-order chi connectivity index (χ0) is 20.4. The Bertz CT molecular complexity index is 954. The quantitative estimate of drug-likeness (QED) is 0.604. The number of hydrogen-bond donors (Lipinski definition) is 0. The van der Waals surface area contributed by atoms with Crippen LogP contribution in [0.1, 0.15) is 16.2 Å². The molecule has 150 valence electrons. The number of nitrogens with zero attached hydrogens (tertiary/aromatic N) is 5. The van der Waals surface area contributed by atoms with Crippen LogP contribution in [0.3, 0.4) is 0 Å². The molecule has 1 amide bonds. The van der Waals surface area contributed by atoms with Crippen LogP contribution in [0.15, 0.2) is 18.2 Å². The van der Waals surface area contributed by atoms with E-state index in [0.717, 1.165) is 10.4 Å². The van der Waals surface area contributed by atoms with E-state index in [1.54, 1.807) is 36.9 Å². The van der Waals surface area contributed by atoms with Crippen molar-refractivity contribution >= 4 is 32.6 Å². The number of likely N-dealkylation sites (N-methyl/N-ethyl adjacent to an activating group) is 1. The fraction of sp³-hybridized carbons (Fsp3) is 0.421. The van der Waals surface area contributed by atoms with Crippen molar-refractivity contribution in [3.8, 4) is 11.5 Å². The number of amides is 1. The molecule has 8 nitrogen and oxygen atoms in total. The van der Waals surface area contributed by atoms with Crippen LogP contribution < -0.4 is 14.4 Å². The van der Waals surface area contributed by atoms with E-state index in [-0.39, 0.29) is 5.91 Å². The summed E-state index contributed by atoms with van der Waals surface area (Å²) in [6.07, 6.45) is 0. The maximum Gasteiger partial charge on any atom is 0.278 e. The highest BCUT2D eigenvalue weighted by Gasteiger charge is 2.25. The van der Waals surface area contributed by atoms with E-state index in [1.807, 2.05) is 38.1 Å². The van der Waals surface area contributed by atoms with Gasteiger partial charge in [0.15, 0.2) is 5.13 Å². The summed E-state index contributed by atoms with van der Waals surface area (Å²) in [4.78, 5) is 21.8. The lowest BCUT2D eigenvalue weighted by Gasteiger charge is -2.21. The van der Waals surface area contributed by atoms with Gasteiger partial charge in [0.05, 0.1) is 19.9 Å². The molecule has 0 saturated heterocycles. The zero-order valence-electron chi connectivity index (χ0n) is 17.0. The fourth-order valence-electron chi connectivity index (χ4n) is 2.92. The molecule has 0 aliphatic heterocycles. The van der Waals surface area contributed by atoms with Crippen LogP contribution in [0.5, 0.6) is 11.5 Å². The molecule has 0 aliphatic rings. The second kappa shape index (κ2) is 8.15. The molecule has 0 aliphatic carbocycles. The molecule has 0 bridgehead atoms.